The average molecular weight is 275 g/mol. The lowest BCUT2D eigenvalue weighted by molar-refractivity contribution is 0.201. The molecule has 0 radical (unpaired) electrons. The Labute approximate surface area is 115 Å². The Balaban J connectivity index is 0.00000144. The first-order valence-electron chi connectivity index (χ1n) is 5.88. The van der Waals surface area contributed by atoms with E-state index in [1.165, 1.54) is 12.0 Å². The van der Waals surface area contributed by atoms with Crippen LogP contribution < -0.4 is 5.73 Å². The zero-order chi connectivity index (χ0) is 11.5. The number of hydrogen-bond donors (Lipinski definition) is 1. The summed E-state index contributed by atoms with van der Waals surface area (Å²) in [4.78, 5) is 2.43. The number of aryl methyl sites for hydroxylation is 1. The summed E-state index contributed by atoms with van der Waals surface area (Å²) >= 11 is 6.01. The minimum Gasteiger partial charge on any atom is -0.327 e. The fourth-order valence-electron chi connectivity index (χ4n) is 2.30. The van der Waals surface area contributed by atoms with E-state index in [1.807, 2.05) is 13.0 Å². The second kappa shape index (κ2) is 6.60. The molecular weight excluding hydrogens is 255 g/mol. The monoisotopic (exact) mass is 274 g/mol. The summed E-state index contributed by atoms with van der Waals surface area (Å²) in [6.45, 7) is 5.22. The molecule has 0 amide bonds. The largest absolute Gasteiger partial charge is 0.327 e. The van der Waals surface area contributed by atoms with E-state index in [4.69, 9.17) is 17.3 Å². The highest BCUT2D eigenvalue weighted by atomic mass is 35.5. The minimum atomic E-state index is 0. The van der Waals surface area contributed by atoms with E-state index in [9.17, 15) is 0 Å². The number of piperidine rings is 1. The molecule has 2 rings (SSSR count). The topological polar surface area (TPSA) is 29.3 Å². The second-order valence-corrected chi connectivity index (χ2v) is 5.13. The zero-order valence-electron chi connectivity index (χ0n) is 10.2. The standard InChI is InChI=1S/C13H19ClN2.ClH/c1-10-7-11(4-5-13(10)14)8-16-6-2-3-12(15)9-16;/h4-5,7,12H,2-3,6,8-9,15H2,1H3;1H/t12-;/m1./s1. The highest BCUT2D eigenvalue weighted by molar-refractivity contribution is 6.31. The highest BCUT2D eigenvalue weighted by Crippen LogP contribution is 2.18. The van der Waals surface area contributed by atoms with Crippen molar-refractivity contribution in [2.75, 3.05) is 13.1 Å². The van der Waals surface area contributed by atoms with Crippen LogP contribution in [0.15, 0.2) is 18.2 Å². The first-order valence-corrected chi connectivity index (χ1v) is 6.26. The summed E-state index contributed by atoms with van der Waals surface area (Å²) in [5, 5.41) is 0.846. The van der Waals surface area contributed by atoms with Gasteiger partial charge >= 0.3 is 0 Å². The van der Waals surface area contributed by atoms with Crippen molar-refractivity contribution in [3.63, 3.8) is 0 Å². The molecule has 0 unspecified atom stereocenters. The van der Waals surface area contributed by atoms with Crippen molar-refractivity contribution in [1.29, 1.82) is 0 Å². The molecule has 0 spiro atoms. The van der Waals surface area contributed by atoms with Crippen LogP contribution in [-0.4, -0.2) is 24.0 Å². The van der Waals surface area contributed by atoms with Crippen LogP contribution in [0.25, 0.3) is 0 Å². The summed E-state index contributed by atoms with van der Waals surface area (Å²) in [5.41, 5.74) is 8.45. The van der Waals surface area contributed by atoms with Crippen LogP contribution in [0, 0.1) is 6.92 Å². The van der Waals surface area contributed by atoms with Crippen molar-refractivity contribution < 1.29 is 0 Å². The van der Waals surface area contributed by atoms with E-state index in [-0.39, 0.29) is 12.4 Å². The molecule has 0 aliphatic carbocycles. The predicted octanol–water partition coefficient (Wildman–Crippen LogP) is 2.99. The van der Waals surface area contributed by atoms with Crippen LogP contribution in [0.5, 0.6) is 0 Å². The van der Waals surface area contributed by atoms with Gasteiger partial charge in [-0.3, -0.25) is 4.90 Å². The van der Waals surface area contributed by atoms with Crippen LogP contribution in [0.4, 0.5) is 0 Å². The number of hydrogen-bond acceptors (Lipinski definition) is 2. The van der Waals surface area contributed by atoms with Crippen molar-refractivity contribution in [3.8, 4) is 0 Å². The van der Waals surface area contributed by atoms with Crippen LogP contribution >= 0.6 is 24.0 Å². The Morgan fingerprint density at radius 1 is 1.47 bits per heavy atom. The molecule has 1 heterocycles. The smallest absolute Gasteiger partial charge is 0.0435 e. The third-order valence-corrected chi connectivity index (χ3v) is 3.59. The van der Waals surface area contributed by atoms with E-state index >= 15 is 0 Å². The number of likely N-dealkylation sites (tertiary alicyclic amines) is 1. The summed E-state index contributed by atoms with van der Waals surface area (Å²) in [5.74, 6) is 0. The number of nitrogens with two attached hydrogens (primary N) is 1. The van der Waals surface area contributed by atoms with Crippen LogP contribution in [-0.2, 0) is 6.54 Å². The zero-order valence-corrected chi connectivity index (χ0v) is 11.7. The SMILES string of the molecule is Cc1cc(CN2CCC[C@@H](N)C2)ccc1Cl.Cl. The Morgan fingerprint density at radius 3 is 2.88 bits per heavy atom. The molecule has 1 aliphatic rings. The van der Waals surface area contributed by atoms with E-state index in [2.05, 4.69) is 17.0 Å². The summed E-state index contributed by atoms with van der Waals surface area (Å²) in [6.07, 6.45) is 2.38. The van der Waals surface area contributed by atoms with Crippen molar-refractivity contribution >= 4 is 24.0 Å². The van der Waals surface area contributed by atoms with Gasteiger partial charge in [-0.25, -0.2) is 0 Å². The maximum atomic E-state index is 6.01. The molecule has 1 aromatic rings. The molecule has 1 aliphatic heterocycles. The summed E-state index contributed by atoms with van der Waals surface area (Å²) < 4.78 is 0. The molecule has 2 nitrogen and oxygen atoms in total. The number of halogens is 2. The average Bonchev–Trinajstić information content (AvgIpc) is 2.24. The lowest BCUT2D eigenvalue weighted by Gasteiger charge is -2.30. The number of benzene rings is 1. The van der Waals surface area contributed by atoms with E-state index in [1.54, 1.807) is 0 Å². The highest BCUT2D eigenvalue weighted by Gasteiger charge is 2.16. The molecule has 96 valence electrons. The quantitative estimate of drug-likeness (QED) is 0.899. The van der Waals surface area contributed by atoms with Crippen molar-refractivity contribution in [2.45, 2.75) is 32.4 Å². The molecular formula is C13H20Cl2N2. The van der Waals surface area contributed by atoms with Gasteiger partial charge in [-0.05, 0) is 43.5 Å². The molecule has 1 aromatic carbocycles. The molecule has 0 bridgehead atoms. The normalized spacial score (nSPS) is 21.0. The van der Waals surface area contributed by atoms with Gasteiger partial charge in [0.25, 0.3) is 0 Å². The van der Waals surface area contributed by atoms with Gasteiger partial charge < -0.3 is 5.73 Å². The molecule has 1 atom stereocenters. The van der Waals surface area contributed by atoms with E-state index in [0.29, 0.717) is 6.04 Å². The van der Waals surface area contributed by atoms with Crippen molar-refractivity contribution in [1.82, 2.24) is 4.90 Å². The first-order chi connectivity index (χ1) is 7.65. The second-order valence-electron chi connectivity index (χ2n) is 4.72. The molecule has 0 aromatic heterocycles. The summed E-state index contributed by atoms with van der Waals surface area (Å²) in [7, 11) is 0. The van der Waals surface area contributed by atoms with Gasteiger partial charge in [-0.2, -0.15) is 0 Å². The number of rotatable bonds is 2. The van der Waals surface area contributed by atoms with Crippen LogP contribution in [0.3, 0.4) is 0 Å². The maximum absolute atomic E-state index is 6.01. The predicted molar refractivity (Wildman–Crippen MR) is 75.9 cm³/mol. The van der Waals surface area contributed by atoms with Gasteiger partial charge in [0, 0.05) is 24.2 Å². The third kappa shape index (κ3) is 4.14. The van der Waals surface area contributed by atoms with Crippen molar-refractivity contribution in [3.05, 3.63) is 34.3 Å². The van der Waals surface area contributed by atoms with Crippen LogP contribution in [0.1, 0.15) is 24.0 Å². The molecule has 2 N–H and O–H groups in total. The Morgan fingerprint density at radius 2 is 2.24 bits per heavy atom. The molecule has 4 heteroatoms. The fraction of sp³-hybridized carbons (Fsp3) is 0.538. The van der Waals surface area contributed by atoms with Gasteiger partial charge in [0.05, 0.1) is 0 Å². The van der Waals surface area contributed by atoms with Crippen LogP contribution in [0.2, 0.25) is 5.02 Å². The van der Waals surface area contributed by atoms with Gasteiger partial charge in [0.2, 0.25) is 0 Å². The Kier molecular flexibility index (Phi) is 5.74. The van der Waals surface area contributed by atoms with Gasteiger partial charge in [0.15, 0.2) is 0 Å². The van der Waals surface area contributed by atoms with Gasteiger partial charge in [-0.1, -0.05) is 23.7 Å². The number of nitrogens with zero attached hydrogens (tertiary/aromatic N) is 1. The molecule has 1 fully saturated rings. The van der Waals surface area contributed by atoms with Crippen molar-refractivity contribution in [2.24, 2.45) is 5.73 Å². The summed E-state index contributed by atoms with van der Waals surface area (Å²) in [6, 6.07) is 6.61. The lowest BCUT2D eigenvalue weighted by Crippen LogP contribution is -2.42. The Hall–Kier alpha value is -0.280. The molecule has 17 heavy (non-hydrogen) atoms. The van der Waals surface area contributed by atoms with E-state index in [0.717, 1.165) is 36.6 Å². The lowest BCUT2D eigenvalue weighted by atomic mass is 10.1. The molecule has 1 saturated heterocycles. The fourth-order valence-corrected chi connectivity index (χ4v) is 2.42. The maximum Gasteiger partial charge on any atom is 0.0435 e. The third-order valence-electron chi connectivity index (χ3n) is 3.17. The van der Waals surface area contributed by atoms with Gasteiger partial charge in [0.1, 0.15) is 0 Å². The van der Waals surface area contributed by atoms with E-state index < -0.39 is 0 Å². The van der Waals surface area contributed by atoms with Gasteiger partial charge in [-0.15, -0.1) is 12.4 Å². The Bertz CT molecular complexity index is 368. The molecule has 0 saturated carbocycles. The first kappa shape index (κ1) is 14.8. The minimum absolute atomic E-state index is 0.